The summed E-state index contributed by atoms with van der Waals surface area (Å²) in [6.07, 6.45) is 1.66. The molecule has 4 aromatic heterocycles. The van der Waals surface area contributed by atoms with E-state index in [-0.39, 0.29) is 0 Å². The van der Waals surface area contributed by atoms with Gasteiger partial charge in [0.2, 0.25) is 0 Å². The zero-order valence-corrected chi connectivity index (χ0v) is 11.4. The Labute approximate surface area is 116 Å². The van der Waals surface area contributed by atoms with Gasteiger partial charge in [0.15, 0.2) is 10.7 Å². The lowest BCUT2D eigenvalue weighted by Gasteiger charge is -1.98. The van der Waals surface area contributed by atoms with E-state index in [2.05, 4.69) is 4.98 Å². The van der Waals surface area contributed by atoms with Crippen molar-refractivity contribution in [1.29, 1.82) is 0 Å². The highest BCUT2D eigenvalue weighted by Crippen LogP contribution is 2.35. The molecule has 0 saturated carbocycles. The van der Waals surface area contributed by atoms with E-state index in [0.29, 0.717) is 5.82 Å². The Balaban J connectivity index is 1.99. The normalized spacial score (nSPS) is 11.4. The van der Waals surface area contributed by atoms with Gasteiger partial charge in [0, 0.05) is 5.38 Å². The second kappa shape index (κ2) is 3.97. The number of hydrogen-bond donors (Lipinski definition) is 1. The molecule has 0 aromatic carbocycles. The lowest BCUT2D eigenvalue weighted by atomic mass is 10.3. The van der Waals surface area contributed by atoms with Gasteiger partial charge in [0.05, 0.1) is 11.1 Å². The van der Waals surface area contributed by atoms with E-state index in [0.717, 1.165) is 27.0 Å². The second-order valence-electron chi connectivity index (χ2n) is 4.04. The summed E-state index contributed by atoms with van der Waals surface area (Å²) >= 11 is 3.20. The molecular weight excluding hydrogens is 278 g/mol. The van der Waals surface area contributed by atoms with Gasteiger partial charge in [-0.3, -0.25) is 4.40 Å². The number of hydrogen-bond acceptors (Lipinski definition) is 5. The van der Waals surface area contributed by atoms with E-state index in [1.807, 2.05) is 39.4 Å². The van der Waals surface area contributed by atoms with E-state index < -0.39 is 0 Å². The molecule has 0 bridgehead atoms. The number of rotatable bonds is 2. The summed E-state index contributed by atoms with van der Waals surface area (Å²) in [4.78, 5) is 6.57. The highest BCUT2D eigenvalue weighted by molar-refractivity contribution is 7.15. The van der Waals surface area contributed by atoms with Crippen LogP contribution in [-0.4, -0.2) is 9.38 Å². The zero-order chi connectivity index (χ0) is 12.8. The van der Waals surface area contributed by atoms with Crippen molar-refractivity contribution in [3.63, 3.8) is 0 Å². The minimum Gasteiger partial charge on any atom is -0.463 e. The Bertz CT molecular complexity index is 825. The number of nitrogen functional groups attached to an aromatic ring is 1. The molecule has 0 aliphatic heterocycles. The summed E-state index contributed by atoms with van der Waals surface area (Å²) in [6, 6.07) is 7.82. The third-order valence-electron chi connectivity index (χ3n) is 2.93. The van der Waals surface area contributed by atoms with Crippen molar-refractivity contribution in [3.05, 3.63) is 41.3 Å². The molecule has 0 atom stereocenters. The number of thiazole rings is 1. The summed E-state index contributed by atoms with van der Waals surface area (Å²) in [6.45, 7) is 0. The van der Waals surface area contributed by atoms with Gasteiger partial charge in [0.1, 0.15) is 17.2 Å². The minimum absolute atomic E-state index is 0.658. The quantitative estimate of drug-likeness (QED) is 0.607. The van der Waals surface area contributed by atoms with Gasteiger partial charge in [-0.25, -0.2) is 4.98 Å². The number of anilines is 1. The van der Waals surface area contributed by atoms with Crippen molar-refractivity contribution in [2.24, 2.45) is 0 Å². The molecule has 2 N–H and O–H groups in total. The van der Waals surface area contributed by atoms with Crippen LogP contribution in [0.4, 0.5) is 5.82 Å². The van der Waals surface area contributed by atoms with Gasteiger partial charge >= 0.3 is 0 Å². The van der Waals surface area contributed by atoms with Gasteiger partial charge in [-0.1, -0.05) is 6.07 Å². The number of aromatic nitrogens is 2. The maximum Gasteiger partial charge on any atom is 0.196 e. The lowest BCUT2D eigenvalue weighted by molar-refractivity contribution is 0.579. The molecule has 0 aliphatic rings. The van der Waals surface area contributed by atoms with Crippen LogP contribution in [-0.2, 0) is 0 Å². The molecule has 0 saturated heterocycles. The van der Waals surface area contributed by atoms with E-state index in [4.69, 9.17) is 10.2 Å². The van der Waals surface area contributed by atoms with Crippen molar-refractivity contribution in [2.45, 2.75) is 0 Å². The van der Waals surface area contributed by atoms with Crippen LogP contribution in [0.5, 0.6) is 0 Å². The van der Waals surface area contributed by atoms with Crippen LogP contribution < -0.4 is 5.73 Å². The van der Waals surface area contributed by atoms with Gasteiger partial charge in [-0.15, -0.1) is 22.7 Å². The van der Waals surface area contributed by atoms with Crippen LogP contribution in [0.3, 0.4) is 0 Å². The average molecular weight is 287 g/mol. The maximum absolute atomic E-state index is 6.25. The van der Waals surface area contributed by atoms with Crippen molar-refractivity contribution in [1.82, 2.24) is 9.38 Å². The summed E-state index contributed by atoms with van der Waals surface area (Å²) < 4.78 is 7.39. The summed E-state index contributed by atoms with van der Waals surface area (Å²) in [5, 5.41) is 4.03. The molecule has 0 fully saturated rings. The van der Waals surface area contributed by atoms with E-state index in [1.165, 1.54) is 0 Å². The zero-order valence-electron chi connectivity index (χ0n) is 9.74. The lowest BCUT2D eigenvalue weighted by Crippen LogP contribution is -1.94. The second-order valence-corrected chi connectivity index (χ2v) is 5.82. The summed E-state index contributed by atoms with van der Waals surface area (Å²) in [7, 11) is 0. The molecule has 4 aromatic rings. The number of imidazole rings is 1. The van der Waals surface area contributed by atoms with Crippen molar-refractivity contribution < 1.29 is 4.42 Å². The fraction of sp³-hybridized carbons (Fsp3) is 0. The topological polar surface area (TPSA) is 56.5 Å². The Kier molecular flexibility index (Phi) is 2.27. The molecule has 4 nitrogen and oxygen atoms in total. The van der Waals surface area contributed by atoms with E-state index in [9.17, 15) is 0 Å². The van der Waals surface area contributed by atoms with Crippen LogP contribution in [0.1, 0.15) is 0 Å². The molecule has 19 heavy (non-hydrogen) atoms. The predicted molar refractivity (Wildman–Crippen MR) is 78.5 cm³/mol. The Morgan fingerprint density at radius 3 is 2.89 bits per heavy atom. The highest BCUT2D eigenvalue weighted by atomic mass is 32.1. The molecule has 94 valence electrons. The van der Waals surface area contributed by atoms with Crippen LogP contribution in [0, 0.1) is 0 Å². The fourth-order valence-corrected chi connectivity index (χ4v) is 3.68. The van der Waals surface area contributed by atoms with Crippen LogP contribution in [0.25, 0.3) is 27.0 Å². The fourth-order valence-electron chi connectivity index (χ4n) is 2.07. The van der Waals surface area contributed by atoms with Crippen molar-refractivity contribution in [2.75, 3.05) is 5.73 Å². The number of thiophene rings is 1. The maximum atomic E-state index is 6.25. The van der Waals surface area contributed by atoms with E-state index in [1.54, 1.807) is 28.9 Å². The third-order valence-corrected chi connectivity index (χ3v) is 4.63. The molecule has 0 radical (unpaired) electrons. The Hall–Kier alpha value is -2.05. The first-order chi connectivity index (χ1) is 9.34. The smallest absolute Gasteiger partial charge is 0.196 e. The molecule has 6 heteroatoms. The number of nitrogens with two attached hydrogens (primary N) is 1. The molecular formula is C13H9N3OS2. The van der Waals surface area contributed by atoms with Crippen molar-refractivity contribution in [3.8, 4) is 22.0 Å². The number of fused-ring (bicyclic) bond motifs is 1. The number of nitrogens with zero attached hydrogens (tertiary/aromatic N) is 2. The SMILES string of the molecule is Nc1c(-c2cccs2)nc2scc(-c3ccco3)n12. The standard InChI is InChI=1S/C13H9N3OS2/c14-12-11(10-4-2-6-18-10)15-13-16(12)8(7-19-13)9-3-1-5-17-9/h1-7H,14H2. The molecule has 0 spiro atoms. The Morgan fingerprint density at radius 1 is 1.21 bits per heavy atom. The van der Waals surface area contributed by atoms with Gasteiger partial charge in [0.25, 0.3) is 0 Å². The van der Waals surface area contributed by atoms with Gasteiger partial charge < -0.3 is 10.2 Å². The van der Waals surface area contributed by atoms with E-state index >= 15 is 0 Å². The summed E-state index contributed by atoms with van der Waals surface area (Å²) in [5.74, 6) is 1.46. The third kappa shape index (κ3) is 1.54. The van der Waals surface area contributed by atoms with Crippen LogP contribution in [0.2, 0.25) is 0 Å². The molecule has 4 heterocycles. The first-order valence-corrected chi connectivity index (χ1v) is 7.43. The molecule has 0 amide bonds. The first-order valence-electron chi connectivity index (χ1n) is 5.68. The van der Waals surface area contributed by atoms with Gasteiger partial charge in [-0.2, -0.15) is 0 Å². The molecule has 4 rings (SSSR count). The Morgan fingerprint density at radius 2 is 2.16 bits per heavy atom. The number of furan rings is 1. The van der Waals surface area contributed by atoms with Crippen molar-refractivity contribution >= 4 is 33.5 Å². The average Bonchev–Trinajstić information content (AvgIpc) is 3.15. The van der Waals surface area contributed by atoms with Gasteiger partial charge in [-0.05, 0) is 23.6 Å². The highest BCUT2D eigenvalue weighted by Gasteiger charge is 2.18. The monoisotopic (exact) mass is 287 g/mol. The summed E-state index contributed by atoms with van der Waals surface area (Å²) in [5.41, 5.74) is 8.04. The van der Waals surface area contributed by atoms with Crippen LogP contribution >= 0.6 is 22.7 Å². The van der Waals surface area contributed by atoms with Crippen LogP contribution in [0.15, 0.2) is 45.7 Å². The largest absolute Gasteiger partial charge is 0.463 e. The molecule has 0 aliphatic carbocycles. The first kappa shape index (κ1) is 10.8. The molecule has 0 unspecified atom stereocenters. The predicted octanol–water partition coefficient (Wildman–Crippen LogP) is 3.97. The minimum atomic E-state index is 0.658.